The van der Waals surface area contributed by atoms with Crippen molar-refractivity contribution in [2.24, 2.45) is 11.1 Å². The first kappa shape index (κ1) is 13.1. The molecule has 1 aromatic rings. The summed E-state index contributed by atoms with van der Waals surface area (Å²) in [6.45, 7) is 3.13. The molecule has 0 saturated heterocycles. The Morgan fingerprint density at radius 2 is 2.11 bits per heavy atom. The highest BCUT2D eigenvalue weighted by atomic mass is 32.1. The Labute approximate surface area is 111 Å². The number of nitrogens with one attached hydrogen (secondary N) is 1. The predicted octanol–water partition coefficient (Wildman–Crippen LogP) is 2.21. The van der Waals surface area contributed by atoms with Crippen LogP contribution in [-0.4, -0.2) is 16.8 Å². The van der Waals surface area contributed by atoms with Crippen LogP contribution in [0.5, 0.6) is 0 Å². The molecule has 1 aliphatic rings. The standard InChI is InChI=1S/C12H20N4OS/c1-12(5-3-2-4-6-12)7-15-11-8(10(14)17)9(13)16-18-11/h15H,2-7H2,1H3,(H2,13,16)(H2,14,17). The number of nitrogens with zero attached hydrogens (tertiary/aromatic N) is 1. The van der Waals surface area contributed by atoms with Gasteiger partial charge in [0, 0.05) is 6.54 Å². The van der Waals surface area contributed by atoms with Gasteiger partial charge in [0.05, 0.1) is 0 Å². The Morgan fingerprint density at radius 1 is 1.44 bits per heavy atom. The lowest BCUT2D eigenvalue weighted by Crippen LogP contribution is -2.29. The molecule has 2 rings (SSSR count). The number of nitrogen functional groups attached to an aromatic ring is 1. The molecule has 1 aromatic heterocycles. The molecule has 5 N–H and O–H groups in total. The van der Waals surface area contributed by atoms with E-state index in [2.05, 4.69) is 16.6 Å². The molecule has 1 saturated carbocycles. The maximum atomic E-state index is 11.3. The van der Waals surface area contributed by atoms with E-state index in [1.165, 1.54) is 43.6 Å². The molecule has 1 amide bonds. The van der Waals surface area contributed by atoms with Crippen molar-refractivity contribution in [2.45, 2.75) is 39.0 Å². The number of nitrogens with two attached hydrogens (primary N) is 2. The number of anilines is 2. The third kappa shape index (κ3) is 2.75. The van der Waals surface area contributed by atoms with Gasteiger partial charge in [-0.05, 0) is 29.8 Å². The highest BCUT2D eigenvalue weighted by Gasteiger charge is 2.27. The van der Waals surface area contributed by atoms with Crippen molar-refractivity contribution >= 4 is 28.3 Å². The van der Waals surface area contributed by atoms with Crippen LogP contribution in [0.3, 0.4) is 0 Å². The summed E-state index contributed by atoms with van der Waals surface area (Å²) in [5, 5.41) is 4.00. The molecule has 0 aliphatic heterocycles. The normalized spacial score (nSPS) is 18.5. The quantitative estimate of drug-likeness (QED) is 0.780. The first-order valence-electron chi connectivity index (χ1n) is 6.31. The number of carbonyl (C=O) groups excluding carboxylic acids is 1. The van der Waals surface area contributed by atoms with Crippen molar-refractivity contribution in [1.29, 1.82) is 0 Å². The number of rotatable bonds is 4. The minimum atomic E-state index is -0.516. The lowest BCUT2D eigenvalue weighted by atomic mass is 9.76. The Hall–Kier alpha value is -1.30. The topological polar surface area (TPSA) is 94.0 Å². The molecular formula is C12H20N4OS. The van der Waals surface area contributed by atoms with Crippen molar-refractivity contribution in [2.75, 3.05) is 17.6 Å². The van der Waals surface area contributed by atoms with Gasteiger partial charge in [-0.1, -0.05) is 26.2 Å². The lowest BCUT2D eigenvalue weighted by Gasteiger charge is -2.33. The van der Waals surface area contributed by atoms with Gasteiger partial charge in [-0.25, -0.2) is 0 Å². The average Bonchev–Trinajstić information content (AvgIpc) is 2.69. The summed E-state index contributed by atoms with van der Waals surface area (Å²) in [6, 6.07) is 0. The zero-order chi connectivity index (χ0) is 13.2. The second-order valence-electron chi connectivity index (χ2n) is 5.36. The van der Waals surface area contributed by atoms with Crippen molar-refractivity contribution in [1.82, 2.24) is 4.37 Å². The van der Waals surface area contributed by atoms with E-state index < -0.39 is 5.91 Å². The monoisotopic (exact) mass is 268 g/mol. The largest absolute Gasteiger partial charge is 0.382 e. The maximum absolute atomic E-state index is 11.3. The van der Waals surface area contributed by atoms with E-state index in [0.29, 0.717) is 16.0 Å². The van der Waals surface area contributed by atoms with Crippen LogP contribution in [0.25, 0.3) is 0 Å². The van der Waals surface area contributed by atoms with Gasteiger partial charge in [0.1, 0.15) is 10.6 Å². The summed E-state index contributed by atoms with van der Waals surface area (Å²) in [5.41, 5.74) is 11.6. The molecule has 5 nitrogen and oxygen atoms in total. The highest BCUT2D eigenvalue weighted by molar-refractivity contribution is 7.11. The van der Waals surface area contributed by atoms with Crippen LogP contribution in [0.1, 0.15) is 49.4 Å². The van der Waals surface area contributed by atoms with E-state index in [-0.39, 0.29) is 5.82 Å². The van der Waals surface area contributed by atoms with E-state index in [9.17, 15) is 4.79 Å². The molecule has 0 radical (unpaired) electrons. The number of carbonyl (C=O) groups is 1. The van der Waals surface area contributed by atoms with E-state index in [1.54, 1.807) is 0 Å². The van der Waals surface area contributed by atoms with Crippen molar-refractivity contribution < 1.29 is 4.79 Å². The molecule has 0 atom stereocenters. The van der Waals surface area contributed by atoms with Crippen LogP contribution in [0, 0.1) is 5.41 Å². The first-order chi connectivity index (χ1) is 8.52. The smallest absolute Gasteiger partial charge is 0.255 e. The van der Waals surface area contributed by atoms with Crippen molar-refractivity contribution in [3.63, 3.8) is 0 Å². The lowest BCUT2D eigenvalue weighted by molar-refractivity contribution is 0.100. The second kappa shape index (κ2) is 5.14. The van der Waals surface area contributed by atoms with Gasteiger partial charge in [-0.3, -0.25) is 4.79 Å². The molecule has 18 heavy (non-hydrogen) atoms. The number of amides is 1. The Balaban J connectivity index is 2.04. The number of hydrogen-bond acceptors (Lipinski definition) is 5. The SMILES string of the molecule is CC1(CNc2snc(N)c2C(N)=O)CCCCC1. The van der Waals surface area contributed by atoms with Gasteiger partial charge in [0.15, 0.2) is 5.82 Å². The van der Waals surface area contributed by atoms with Crippen LogP contribution < -0.4 is 16.8 Å². The maximum Gasteiger partial charge on any atom is 0.255 e. The number of primary amides is 1. The van der Waals surface area contributed by atoms with Crippen LogP contribution in [-0.2, 0) is 0 Å². The Kier molecular flexibility index (Phi) is 3.75. The van der Waals surface area contributed by atoms with Gasteiger partial charge in [0.25, 0.3) is 5.91 Å². The Morgan fingerprint density at radius 3 is 2.72 bits per heavy atom. The molecule has 1 fully saturated rings. The zero-order valence-corrected chi connectivity index (χ0v) is 11.5. The fourth-order valence-electron chi connectivity index (χ4n) is 2.54. The fourth-order valence-corrected chi connectivity index (χ4v) is 3.25. The minimum Gasteiger partial charge on any atom is -0.382 e. The molecule has 0 bridgehead atoms. The fraction of sp³-hybridized carbons (Fsp3) is 0.667. The number of aromatic nitrogens is 1. The van der Waals surface area contributed by atoms with Crippen LogP contribution in [0.15, 0.2) is 0 Å². The summed E-state index contributed by atoms with van der Waals surface area (Å²) in [4.78, 5) is 11.3. The second-order valence-corrected chi connectivity index (χ2v) is 6.13. The Bertz CT molecular complexity index is 437. The van der Waals surface area contributed by atoms with E-state index in [1.807, 2.05) is 0 Å². The molecule has 0 aromatic carbocycles. The molecule has 1 heterocycles. The van der Waals surface area contributed by atoms with Gasteiger partial charge < -0.3 is 16.8 Å². The van der Waals surface area contributed by atoms with Gasteiger partial charge in [0.2, 0.25) is 0 Å². The van der Waals surface area contributed by atoms with Gasteiger partial charge >= 0.3 is 0 Å². The first-order valence-corrected chi connectivity index (χ1v) is 7.08. The molecule has 6 heteroatoms. The minimum absolute atomic E-state index is 0.226. The van der Waals surface area contributed by atoms with Crippen molar-refractivity contribution in [3.8, 4) is 0 Å². The van der Waals surface area contributed by atoms with Crippen LogP contribution >= 0.6 is 11.5 Å². The summed E-state index contributed by atoms with van der Waals surface area (Å²) in [7, 11) is 0. The van der Waals surface area contributed by atoms with E-state index in [4.69, 9.17) is 11.5 Å². The summed E-state index contributed by atoms with van der Waals surface area (Å²) >= 11 is 1.20. The summed E-state index contributed by atoms with van der Waals surface area (Å²) in [5.74, 6) is -0.290. The van der Waals surface area contributed by atoms with Crippen molar-refractivity contribution in [3.05, 3.63) is 5.56 Å². The van der Waals surface area contributed by atoms with E-state index >= 15 is 0 Å². The molecule has 0 unspecified atom stereocenters. The molecule has 100 valence electrons. The van der Waals surface area contributed by atoms with E-state index in [0.717, 1.165) is 6.54 Å². The number of hydrogen-bond donors (Lipinski definition) is 3. The molecule has 1 aliphatic carbocycles. The third-order valence-electron chi connectivity index (χ3n) is 3.70. The summed E-state index contributed by atoms with van der Waals surface area (Å²) in [6.07, 6.45) is 6.34. The molecular weight excluding hydrogens is 248 g/mol. The average molecular weight is 268 g/mol. The van der Waals surface area contributed by atoms with Crippen LogP contribution in [0.2, 0.25) is 0 Å². The summed E-state index contributed by atoms with van der Waals surface area (Å²) < 4.78 is 3.98. The van der Waals surface area contributed by atoms with Crippen LogP contribution in [0.4, 0.5) is 10.8 Å². The van der Waals surface area contributed by atoms with Gasteiger partial charge in [-0.15, -0.1) is 0 Å². The third-order valence-corrected chi connectivity index (χ3v) is 4.52. The molecule has 0 spiro atoms. The van der Waals surface area contributed by atoms with Gasteiger partial charge in [-0.2, -0.15) is 4.37 Å². The zero-order valence-electron chi connectivity index (χ0n) is 10.7. The predicted molar refractivity (Wildman–Crippen MR) is 74.7 cm³/mol. The highest BCUT2D eigenvalue weighted by Crippen LogP contribution is 2.36.